The number of aromatic carboxylic acids is 1. The molecule has 1 aromatic heterocycles. The summed E-state index contributed by atoms with van der Waals surface area (Å²) in [4.78, 5) is 33.1. The van der Waals surface area contributed by atoms with Crippen LogP contribution in [0.3, 0.4) is 0 Å². The number of aromatic nitrogens is 3. The van der Waals surface area contributed by atoms with E-state index in [1.54, 1.807) is 13.0 Å². The third kappa shape index (κ3) is 5.33. The highest BCUT2D eigenvalue weighted by atomic mass is 16.4. The molecule has 1 N–H and O–H groups in total. The van der Waals surface area contributed by atoms with Crippen molar-refractivity contribution in [2.24, 2.45) is 7.05 Å². The Bertz CT molecular complexity index is 529. The van der Waals surface area contributed by atoms with Crippen molar-refractivity contribution in [1.29, 1.82) is 0 Å². The molecule has 0 atom stereocenters. The molecule has 0 radical (unpaired) electrons. The highest BCUT2D eigenvalue weighted by molar-refractivity contribution is 5.84. The molecule has 1 rings (SSSR count). The van der Waals surface area contributed by atoms with Gasteiger partial charge in [-0.2, -0.15) is 5.10 Å². The second kappa shape index (κ2) is 9.81. The van der Waals surface area contributed by atoms with Crippen LogP contribution in [-0.4, -0.2) is 25.4 Å². The average Bonchev–Trinajstić information content (AvgIpc) is 2.37. The predicted molar refractivity (Wildman–Crippen MR) is 73.6 cm³/mol. The van der Waals surface area contributed by atoms with Gasteiger partial charge in [-0.3, -0.25) is 9.36 Å². The number of hydrogen-bond donors (Lipinski definition) is 1. The molecule has 0 aliphatic rings. The molecular weight excluding hydrogens is 250 g/mol. The molecule has 0 aliphatic heterocycles. The van der Waals surface area contributed by atoms with Gasteiger partial charge in [0.1, 0.15) is 0 Å². The number of carboxylic acids is 1. The minimum absolute atomic E-state index is 0.119. The molecule has 0 aromatic carbocycles. The lowest BCUT2D eigenvalue weighted by Gasteiger charge is -2.03. The van der Waals surface area contributed by atoms with Crippen LogP contribution in [0.5, 0.6) is 0 Å². The largest absolute Gasteiger partial charge is 0.476 e. The van der Waals surface area contributed by atoms with Crippen molar-refractivity contribution in [1.82, 2.24) is 14.3 Å². The molecule has 0 aliphatic carbocycles. The Labute approximate surface area is 111 Å². The first-order valence-electron chi connectivity index (χ1n) is 5.89. The van der Waals surface area contributed by atoms with Gasteiger partial charge in [0, 0.05) is 13.6 Å². The van der Waals surface area contributed by atoms with Crippen molar-refractivity contribution < 1.29 is 9.90 Å². The fourth-order valence-electron chi connectivity index (χ4n) is 1.04. The van der Waals surface area contributed by atoms with Gasteiger partial charge >= 0.3 is 11.7 Å². The van der Waals surface area contributed by atoms with Crippen molar-refractivity contribution in [3.8, 4) is 0 Å². The van der Waals surface area contributed by atoms with Gasteiger partial charge in [0.05, 0.1) is 0 Å². The zero-order valence-corrected chi connectivity index (χ0v) is 12.0. The van der Waals surface area contributed by atoms with E-state index in [0.717, 1.165) is 9.25 Å². The van der Waals surface area contributed by atoms with Crippen LogP contribution in [0.25, 0.3) is 0 Å². The standard InChI is InChI=1S/C7H9N3O4.C3H6.C2H6/c1-3-10-5(11)4(6(12)13)8-9(2)7(10)14;1-3-2;1-2/h3H2,1-2H3,(H,12,13);3H,1H2,2H3;1-2H3. The van der Waals surface area contributed by atoms with Crippen LogP contribution >= 0.6 is 0 Å². The Morgan fingerprint density at radius 1 is 1.42 bits per heavy atom. The Kier molecular flexibility index (Phi) is 9.90. The maximum Gasteiger partial charge on any atom is 0.362 e. The molecular formula is C12H21N3O4. The van der Waals surface area contributed by atoms with E-state index in [0.29, 0.717) is 0 Å². The number of aryl methyl sites for hydroxylation is 1. The highest BCUT2D eigenvalue weighted by Crippen LogP contribution is 1.81. The molecule has 0 bridgehead atoms. The molecule has 19 heavy (non-hydrogen) atoms. The van der Waals surface area contributed by atoms with Crippen molar-refractivity contribution in [2.45, 2.75) is 34.2 Å². The maximum absolute atomic E-state index is 11.3. The first-order chi connectivity index (χ1) is 8.90. The first kappa shape index (κ1) is 19.2. The molecule has 0 spiro atoms. The van der Waals surface area contributed by atoms with Crippen LogP contribution in [0.15, 0.2) is 22.2 Å². The van der Waals surface area contributed by atoms with Crippen LogP contribution in [0, 0.1) is 0 Å². The van der Waals surface area contributed by atoms with E-state index in [1.165, 1.54) is 7.05 Å². The summed E-state index contributed by atoms with van der Waals surface area (Å²) in [6, 6.07) is 0. The second-order valence-corrected chi connectivity index (χ2v) is 3.02. The predicted octanol–water partition coefficient (Wildman–Crippen LogP) is 0.879. The van der Waals surface area contributed by atoms with E-state index in [9.17, 15) is 14.4 Å². The van der Waals surface area contributed by atoms with Gasteiger partial charge in [-0.25, -0.2) is 14.3 Å². The van der Waals surface area contributed by atoms with Crippen LogP contribution in [0.2, 0.25) is 0 Å². The van der Waals surface area contributed by atoms with Crippen LogP contribution in [-0.2, 0) is 13.6 Å². The average molecular weight is 271 g/mol. The normalized spacial score (nSPS) is 8.47. The van der Waals surface area contributed by atoms with Gasteiger partial charge in [-0.15, -0.1) is 6.58 Å². The number of carbonyl (C=O) groups is 1. The van der Waals surface area contributed by atoms with Crippen LogP contribution < -0.4 is 11.2 Å². The molecule has 0 unspecified atom stereocenters. The van der Waals surface area contributed by atoms with E-state index in [2.05, 4.69) is 11.7 Å². The number of carboxylic acid groups (broad SMARTS) is 1. The quantitative estimate of drug-likeness (QED) is 0.806. The van der Waals surface area contributed by atoms with Crippen LogP contribution in [0.1, 0.15) is 38.2 Å². The summed E-state index contributed by atoms with van der Waals surface area (Å²) in [5, 5.41) is 12.0. The minimum atomic E-state index is -1.44. The monoisotopic (exact) mass is 271 g/mol. The van der Waals surface area contributed by atoms with E-state index in [4.69, 9.17) is 5.11 Å². The van der Waals surface area contributed by atoms with E-state index in [1.807, 2.05) is 20.8 Å². The fraction of sp³-hybridized carbons (Fsp3) is 0.500. The van der Waals surface area contributed by atoms with Gasteiger partial charge in [-0.1, -0.05) is 19.9 Å². The van der Waals surface area contributed by atoms with Crippen molar-refractivity contribution in [3.63, 3.8) is 0 Å². The van der Waals surface area contributed by atoms with E-state index >= 15 is 0 Å². The number of nitrogens with zero attached hydrogens (tertiary/aromatic N) is 3. The van der Waals surface area contributed by atoms with Gasteiger partial charge in [0.25, 0.3) is 5.56 Å². The number of hydrogen-bond acceptors (Lipinski definition) is 4. The van der Waals surface area contributed by atoms with Gasteiger partial charge in [0.2, 0.25) is 5.69 Å². The Balaban J connectivity index is 0. The van der Waals surface area contributed by atoms with Crippen molar-refractivity contribution in [2.75, 3.05) is 0 Å². The molecule has 1 heterocycles. The van der Waals surface area contributed by atoms with E-state index in [-0.39, 0.29) is 6.54 Å². The summed E-state index contributed by atoms with van der Waals surface area (Å²) in [6.07, 6.45) is 1.75. The Hall–Kier alpha value is -2.18. The minimum Gasteiger partial charge on any atom is -0.476 e. The summed E-state index contributed by atoms with van der Waals surface area (Å²) in [7, 11) is 1.29. The summed E-state index contributed by atoms with van der Waals surface area (Å²) in [5.74, 6) is -1.44. The highest BCUT2D eigenvalue weighted by Gasteiger charge is 2.15. The topological polar surface area (TPSA) is 94.2 Å². The number of rotatable bonds is 2. The van der Waals surface area contributed by atoms with E-state index < -0.39 is 22.9 Å². The zero-order chi connectivity index (χ0) is 15.6. The lowest BCUT2D eigenvalue weighted by molar-refractivity contribution is 0.0683. The third-order valence-electron chi connectivity index (χ3n) is 1.72. The molecule has 7 heteroatoms. The second-order valence-electron chi connectivity index (χ2n) is 3.02. The SMILES string of the molecule is C=CC.CC.CCn1c(=O)c(C(=O)O)nn(C)c1=O. The molecule has 7 nitrogen and oxygen atoms in total. The van der Waals surface area contributed by atoms with Gasteiger partial charge in [0.15, 0.2) is 0 Å². The Morgan fingerprint density at radius 3 is 2.16 bits per heavy atom. The lowest BCUT2D eigenvalue weighted by Crippen LogP contribution is -2.43. The first-order valence-corrected chi connectivity index (χ1v) is 5.89. The Morgan fingerprint density at radius 2 is 1.84 bits per heavy atom. The number of allylic oxidation sites excluding steroid dienone is 1. The fourth-order valence-corrected chi connectivity index (χ4v) is 1.04. The molecule has 0 saturated carbocycles. The third-order valence-corrected chi connectivity index (χ3v) is 1.72. The van der Waals surface area contributed by atoms with Crippen LogP contribution in [0.4, 0.5) is 0 Å². The molecule has 0 amide bonds. The molecule has 1 aromatic rings. The summed E-state index contributed by atoms with van der Waals surface area (Å²) >= 11 is 0. The summed E-state index contributed by atoms with van der Waals surface area (Å²) in [5.41, 5.74) is -2.14. The molecule has 0 fully saturated rings. The molecule has 0 saturated heterocycles. The van der Waals surface area contributed by atoms with Gasteiger partial charge < -0.3 is 5.11 Å². The zero-order valence-electron chi connectivity index (χ0n) is 12.0. The lowest BCUT2D eigenvalue weighted by atomic mass is 10.4. The van der Waals surface area contributed by atoms with Gasteiger partial charge in [-0.05, 0) is 13.8 Å². The summed E-state index contributed by atoms with van der Waals surface area (Å²) < 4.78 is 1.64. The summed E-state index contributed by atoms with van der Waals surface area (Å²) in [6.45, 7) is 10.9. The van der Waals surface area contributed by atoms with Crippen molar-refractivity contribution in [3.05, 3.63) is 39.2 Å². The smallest absolute Gasteiger partial charge is 0.362 e. The van der Waals surface area contributed by atoms with Crippen molar-refractivity contribution >= 4 is 5.97 Å². The maximum atomic E-state index is 11.3. The molecule has 108 valence electrons.